The first kappa shape index (κ1) is 20.9. The van der Waals surface area contributed by atoms with Crippen LogP contribution in [0.25, 0.3) is 11.1 Å². The summed E-state index contributed by atoms with van der Waals surface area (Å²) in [6.07, 6.45) is 8.30. The highest BCUT2D eigenvalue weighted by Crippen LogP contribution is 2.43. The van der Waals surface area contributed by atoms with Crippen molar-refractivity contribution in [2.45, 2.75) is 45.7 Å². The second-order valence-electron chi connectivity index (χ2n) is 8.34. The van der Waals surface area contributed by atoms with E-state index in [2.05, 4.69) is 34.8 Å². The summed E-state index contributed by atoms with van der Waals surface area (Å²) in [5.41, 5.74) is 5.05. The quantitative estimate of drug-likeness (QED) is 0.581. The molecule has 0 spiro atoms. The van der Waals surface area contributed by atoms with Gasteiger partial charge in [0.1, 0.15) is 5.75 Å². The van der Waals surface area contributed by atoms with E-state index < -0.39 is 0 Å². The Hall–Kier alpha value is -2.31. The molecule has 0 saturated carbocycles. The van der Waals surface area contributed by atoms with Gasteiger partial charge in [-0.1, -0.05) is 11.6 Å². The Kier molecular flexibility index (Phi) is 5.89. The van der Waals surface area contributed by atoms with Crippen LogP contribution >= 0.6 is 11.6 Å². The van der Waals surface area contributed by atoms with Gasteiger partial charge in [-0.3, -0.25) is 9.36 Å². The molecule has 30 heavy (non-hydrogen) atoms. The van der Waals surface area contributed by atoms with Gasteiger partial charge in [-0.05, 0) is 71.4 Å². The lowest BCUT2D eigenvalue weighted by molar-refractivity contribution is 0.212. The molecule has 1 aliphatic rings. The molecule has 0 aliphatic carbocycles. The fourth-order valence-electron chi connectivity index (χ4n) is 4.34. The van der Waals surface area contributed by atoms with Crippen molar-refractivity contribution in [3.8, 4) is 16.9 Å². The molecule has 0 radical (unpaired) electrons. The number of hydrogen-bond donors (Lipinski definition) is 0. The zero-order valence-electron chi connectivity index (χ0n) is 18.4. The average molecular weight is 428 g/mol. The largest absolute Gasteiger partial charge is 0.496 e. The van der Waals surface area contributed by atoms with E-state index >= 15 is 0 Å². The minimum atomic E-state index is -0.00516. The fraction of sp³-hybridized carbons (Fsp3) is 0.478. The van der Waals surface area contributed by atoms with E-state index in [-0.39, 0.29) is 6.04 Å². The predicted molar refractivity (Wildman–Crippen MR) is 121 cm³/mol. The Morgan fingerprint density at radius 1 is 1.23 bits per heavy atom. The van der Waals surface area contributed by atoms with Gasteiger partial charge in [0.25, 0.3) is 0 Å². The van der Waals surface area contributed by atoms with Crippen LogP contribution in [0, 0.1) is 13.8 Å². The molecule has 0 bridgehead atoms. The first-order valence-electron chi connectivity index (χ1n) is 10.5. The van der Waals surface area contributed by atoms with Crippen LogP contribution in [0.2, 0.25) is 5.02 Å². The van der Waals surface area contributed by atoms with Crippen LogP contribution in [0.3, 0.4) is 0 Å². The number of benzene rings is 1. The number of likely N-dealkylation sites (tertiary alicyclic amines) is 1. The predicted octanol–water partition coefficient (Wildman–Crippen LogP) is 4.90. The average Bonchev–Trinajstić information content (AvgIpc) is 3.39. The molecule has 1 aliphatic heterocycles. The normalized spacial score (nSPS) is 16.7. The molecule has 1 aromatic carbocycles. The number of piperidine rings is 1. The van der Waals surface area contributed by atoms with Crippen LogP contribution in [-0.4, -0.2) is 51.7 Å². The van der Waals surface area contributed by atoms with Crippen LogP contribution in [0.5, 0.6) is 5.75 Å². The standard InChI is InChI=1S/C23H30ClN5O/c1-15-6-11-28(26-15)17(3)20-12-21(24)16(2)22(23(20)30-5)18-13-25-29(14-18)19-7-9-27(4)10-8-19/h6,11-14,17,19H,7-10H2,1-5H3. The summed E-state index contributed by atoms with van der Waals surface area (Å²) < 4.78 is 10.0. The van der Waals surface area contributed by atoms with Gasteiger partial charge in [0.05, 0.1) is 31.1 Å². The second kappa shape index (κ2) is 8.44. The molecule has 0 amide bonds. The van der Waals surface area contributed by atoms with Gasteiger partial charge in [-0.2, -0.15) is 10.2 Å². The maximum Gasteiger partial charge on any atom is 0.132 e. The highest BCUT2D eigenvalue weighted by molar-refractivity contribution is 6.32. The van der Waals surface area contributed by atoms with E-state index in [0.717, 1.165) is 64.7 Å². The minimum Gasteiger partial charge on any atom is -0.496 e. The van der Waals surface area contributed by atoms with Crippen molar-refractivity contribution < 1.29 is 4.74 Å². The first-order valence-corrected chi connectivity index (χ1v) is 10.9. The molecule has 7 heteroatoms. The van der Waals surface area contributed by atoms with Gasteiger partial charge in [0.15, 0.2) is 0 Å². The Labute approximate surface area is 183 Å². The van der Waals surface area contributed by atoms with Gasteiger partial charge in [0, 0.05) is 34.1 Å². The van der Waals surface area contributed by atoms with Gasteiger partial charge in [0.2, 0.25) is 0 Å². The number of ether oxygens (including phenoxy) is 1. The molecule has 1 saturated heterocycles. The maximum atomic E-state index is 6.69. The van der Waals surface area contributed by atoms with E-state index in [1.165, 1.54) is 0 Å². The summed E-state index contributed by atoms with van der Waals surface area (Å²) in [6.45, 7) is 8.35. The number of methoxy groups -OCH3 is 1. The van der Waals surface area contributed by atoms with Crippen molar-refractivity contribution in [1.82, 2.24) is 24.5 Å². The van der Waals surface area contributed by atoms with Crippen molar-refractivity contribution >= 4 is 11.6 Å². The minimum absolute atomic E-state index is 0.00516. The van der Waals surface area contributed by atoms with Crippen LogP contribution in [-0.2, 0) is 0 Å². The van der Waals surface area contributed by atoms with Crippen molar-refractivity contribution in [1.29, 1.82) is 0 Å². The molecule has 3 heterocycles. The summed E-state index contributed by atoms with van der Waals surface area (Å²) in [5.74, 6) is 0.834. The number of rotatable bonds is 5. The van der Waals surface area contributed by atoms with E-state index in [0.29, 0.717) is 6.04 Å². The molecule has 0 N–H and O–H groups in total. The van der Waals surface area contributed by atoms with Crippen LogP contribution < -0.4 is 4.74 Å². The van der Waals surface area contributed by atoms with E-state index in [1.807, 2.05) is 43.1 Å². The van der Waals surface area contributed by atoms with E-state index in [1.54, 1.807) is 7.11 Å². The lowest BCUT2D eigenvalue weighted by atomic mass is 9.95. The third-order valence-electron chi connectivity index (χ3n) is 6.25. The van der Waals surface area contributed by atoms with Crippen molar-refractivity contribution in [3.05, 3.63) is 52.6 Å². The highest BCUT2D eigenvalue weighted by atomic mass is 35.5. The highest BCUT2D eigenvalue weighted by Gasteiger charge is 2.24. The Balaban J connectivity index is 1.75. The lowest BCUT2D eigenvalue weighted by Crippen LogP contribution is -2.31. The molecular weight excluding hydrogens is 398 g/mol. The zero-order valence-corrected chi connectivity index (χ0v) is 19.1. The molecule has 1 atom stereocenters. The summed E-state index contributed by atoms with van der Waals surface area (Å²) in [7, 11) is 3.90. The van der Waals surface area contributed by atoms with Gasteiger partial charge < -0.3 is 9.64 Å². The Morgan fingerprint density at radius 3 is 2.60 bits per heavy atom. The number of aromatic nitrogens is 4. The summed E-state index contributed by atoms with van der Waals surface area (Å²) in [6, 6.07) is 4.44. The van der Waals surface area contributed by atoms with E-state index in [9.17, 15) is 0 Å². The summed E-state index contributed by atoms with van der Waals surface area (Å²) >= 11 is 6.69. The van der Waals surface area contributed by atoms with Gasteiger partial charge >= 0.3 is 0 Å². The van der Waals surface area contributed by atoms with E-state index in [4.69, 9.17) is 21.4 Å². The van der Waals surface area contributed by atoms with Gasteiger partial charge in [-0.15, -0.1) is 0 Å². The molecule has 1 fully saturated rings. The van der Waals surface area contributed by atoms with Crippen molar-refractivity contribution in [3.63, 3.8) is 0 Å². The Morgan fingerprint density at radius 2 is 1.97 bits per heavy atom. The Bertz CT molecular complexity index is 1030. The topological polar surface area (TPSA) is 48.1 Å². The molecule has 4 rings (SSSR count). The zero-order chi connectivity index (χ0) is 21.4. The van der Waals surface area contributed by atoms with Crippen LogP contribution in [0.1, 0.15) is 48.7 Å². The molecule has 160 valence electrons. The monoisotopic (exact) mass is 427 g/mol. The van der Waals surface area contributed by atoms with Crippen molar-refractivity contribution in [2.75, 3.05) is 27.2 Å². The third-order valence-corrected chi connectivity index (χ3v) is 6.64. The molecule has 6 nitrogen and oxygen atoms in total. The lowest BCUT2D eigenvalue weighted by Gasteiger charge is -2.29. The van der Waals surface area contributed by atoms with Gasteiger partial charge in [-0.25, -0.2) is 0 Å². The second-order valence-corrected chi connectivity index (χ2v) is 8.74. The third kappa shape index (κ3) is 3.86. The van der Waals surface area contributed by atoms with Crippen molar-refractivity contribution in [2.24, 2.45) is 0 Å². The molecule has 3 aromatic rings. The van der Waals surface area contributed by atoms with Crippen LogP contribution in [0.4, 0.5) is 0 Å². The molecule has 1 unspecified atom stereocenters. The number of aryl methyl sites for hydroxylation is 1. The first-order chi connectivity index (χ1) is 14.4. The summed E-state index contributed by atoms with van der Waals surface area (Å²) in [4.78, 5) is 2.37. The maximum absolute atomic E-state index is 6.69. The molecule has 2 aromatic heterocycles. The number of hydrogen-bond acceptors (Lipinski definition) is 4. The molecular formula is C23H30ClN5O. The fourth-order valence-corrected chi connectivity index (χ4v) is 4.55. The number of halogens is 1. The smallest absolute Gasteiger partial charge is 0.132 e. The van der Waals surface area contributed by atoms with Crippen LogP contribution in [0.15, 0.2) is 30.7 Å². The SMILES string of the molecule is COc1c(C(C)n2ccc(C)n2)cc(Cl)c(C)c1-c1cnn(C2CCN(C)CC2)c1. The number of nitrogens with zero attached hydrogens (tertiary/aromatic N) is 5. The summed E-state index contributed by atoms with van der Waals surface area (Å²) in [5, 5.41) is 10.0.